The Kier molecular flexibility index (Phi) is 5.98. The standard InChI is InChI=1S/C11H17N/c1-4-7-11(8-6-9-12)10(3)5-2/h4,7-9,12H,3,5-6H2,1-2H3/b7-4-,11-8-,12-9?. The summed E-state index contributed by atoms with van der Waals surface area (Å²) in [5, 5.41) is 6.90. The van der Waals surface area contributed by atoms with Crippen LogP contribution in [0, 0.1) is 5.41 Å². The molecule has 0 unspecified atom stereocenters. The van der Waals surface area contributed by atoms with Gasteiger partial charge >= 0.3 is 0 Å². The highest BCUT2D eigenvalue weighted by Gasteiger charge is 1.94. The minimum absolute atomic E-state index is 0.693. The Morgan fingerprint density at radius 1 is 1.50 bits per heavy atom. The molecule has 1 nitrogen and oxygen atoms in total. The maximum absolute atomic E-state index is 6.90. The third-order valence-electron chi connectivity index (χ3n) is 1.64. The quantitative estimate of drug-likeness (QED) is 0.474. The molecule has 0 saturated heterocycles. The fraction of sp³-hybridized carbons (Fsp3) is 0.364. The second-order valence-electron chi connectivity index (χ2n) is 2.56. The van der Waals surface area contributed by atoms with E-state index in [0.717, 1.165) is 17.6 Å². The smallest absolute Gasteiger partial charge is 0.000891 e. The molecule has 66 valence electrons. The normalized spacial score (nSPS) is 12.0. The minimum atomic E-state index is 0.693. The number of rotatable bonds is 5. The van der Waals surface area contributed by atoms with Crippen LogP contribution in [-0.4, -0.2) is 6.21 Å². The van der Waals surface area contributed by atoms with Crippen molar-refractivity contribution in [2.24, 2.45) is 0 Å². The van der Waals surface area contributed by atoms with E-state index in [1.54, 1.807) is 0 Å². The van der Waals surface area contributed by atoms with Crippen molar-refractivity contribution in [2.45, 2.75) is 26.7 Å². The molecule has 0 atom stereocenters. The first-order valence-electron chi connectivity index (χ1n) is 4.26. The summed E-state index contributed by atoms with van der Waals surface area (Å²) in [6, 6.07) is 0. The fourth-order valence-corrected chi connectivity index (χ4v) is 0.900. The highest BCUT2D eigenvalue weighted by Crippen LogP contribution is 2.13. The Labute approximate surface area is 75.0 Å². The first-order chi connectivity index (χ1) is 5.76. The Morgan fingerprint density at radius 2 is 2.17 bits per heavy atom. The van der Waals surface area contributed by atoms with E-state index in [0.29, 0.717) is 6.42 Å². The predicted octanol–water partition coefficient (Wildman–Crippen LogP) is 3.49. The van der Waals surface area contributed by atoms with Gasteiger partial charge < -0.3 is 5.41 Å². The Bertz CT molecular complexity index is 209. The van der Waals surface area contributed by atoms with Crippen LogP contribution in [0.1, 0.15) is 26.7 Å². The van der Waals surface area contributed by atoms with Gasteiger partial charge in [-0.05, 0) is 30.7 Å². The zero-order valence-electron chi connectivity index (χ0n) is 7.93. The first-order valence-corrected chi connectivity index (χ1v) is 4.26. The summed E-state index contributed by atoms with van der Waals surface area (Å²) >= 11 is 0. The van der Waals surface area contributed by atoms with E-state index in [-0.39, 0.29) is 0 Å². The SMILES string of the molecule is C=C(CC)C(/C=C\C)=C\CC=N. The summed E-state index contributed by atoms with van der Waals surface area (Å²) in [6.07, 6.45) is 9.12. The lowest BCUT2D eigenvalue weighted by Gasteiger charge is -2.02. The Hall–Kier alpha value is -1.11. The molecule has 0 aromatic rings. The lowest BCUT2D eigenvalue weighted by atomic mass is 10.0. The zero-order valence-corrected chi connectivity index (χ0v) is 7.93. The molecule has 0 aliphatic carbocycles. The van der Waals surface area contributed by atoms with E-state index >= 15 is 0 Å². The van der Waals surface area contributed by atoms with Crippen molar-refractivity contribution >= 4 is 6.21 Å². The summed E-state index contributed by atoms with van der Waals surface area (Å²) in [4.78, 5) is 0. The average Bonchev–Trinajstić information content (AvgIpc) is 2.11. The van der Waals surface area contributed by atoms with Crippen molar-refractivity contribution in [3.05, 3.63) is 36.0 Å². The number of nitrogens with one attached hydrogen (secondary N) is 1. The maximum Gasteiger partial charge on any atom is 0.000891 e. The van der Waals surface area contributed by atoms with Gasteiger partial charge in [0.15, 0.2) is 0 Å². The van der Waals surface area contributed by atoms with E-state index in [4.69, 9.17) is 5.41 Å². The van der Waals surface area contributed by atoms with E-state index in [1.807, 2.05) is 25.2 Å². The minimum Gasteiger partial charge on any atom is -0.313 e. The summed E-state index contributed by atoms with van der Waals surface area (Å²) in [5.41, 5.74) is 2.29. The monoisotopic (exact) mass is 163 g/mol. The molecule has 0 aliphatic heterocycles. The molecule has 1 heteroatoms. The molecule has 0 radical (unpaired) electrons. The third kappa shape index (κ3) is 3.91. The van der Waals surface area contributed by atoms with Crippen molar-refractivity contribution in [2.75, 3.05) is 0 Å². The van der Waals surface area contributed by atoms with Gasteiger partial charge in [-0.25, -0.2) is 0 Å². The summed E-state index contributed by atoms with van der Waals surface area (Å²) in [6.45, 7) is 8.03. The highest BCUT2D eigenvalue weighted by atomic mass is 14.3. The topological polar surface area (TPSA) is 23.9 Å². The van der Waals surface area contributed by atoms with Crippen LogP contribution in [-0.2, 0) is 0 Å². The van der Waals surface area contributed by atoms with Gasteiger partial charge in [0.25, 0.3) is 0 Å². The third-order valence-corrected chi connectivity index (χ3v) is 1.64. The van der Waals surface area contributed by atoms with Crippen LogP contribution < -0.4 is 0 Å². The summed E-state index contributed by atoms with van der Waals surface area (Å²) in [7, 11) is 0. The summed E-state index contributed by atoms with van der Waals surface area (Å²) in [5.74, 6) is 0. The van der Waals surface area contributed by atoms with Gasteiger partial charge in [0.2, 0.25) is 0 Å². The molecule has 0 amide bonds. The van der Waals surface area contributed by atoms with Crippen molar-refractivity contribution in [3.8, 4) is 0 Å². The first kappa shape index (κ1) is 10.9. The lowest BCUT2D eigenvalue weighted by Crippen LogP contribution is -1.83. The summed E-state index contributed by atoms with van der Waals surface area (Å²) < 4.78 is 0. The molecule has 0 fully saturated rings. The van der Waals surface area contributed by atoms with Crippen molar-refractivity contribution in [1.29, 1.82) is 5.41 Å². The van der Waals surface area contributed by atoms with Crippen LogP contribution in [0.25, 0.3) is 0 Å². The van der Waals surface area contributed by atoms with Crippen molar-refractivity contribution in [1.82, 2.24) is 0 Å². The fourth-order valence-electron chi connectivity index (χ4n) is 0.900. The van der Waals surface area contributed by atoms with Crippen LogP contribution in [0.15, 0.2) is 36.0 Å². The highest BCUT2D eigenvalue weighted by molar-refractivity contribution is 5.57. The molecule has 0 aromatic heterocycles. The molecule has 0 aromatic carbocycles. The Balaban J connectivity index is 4.41. The zero-order chi connectivity index (χ0) is 9.40. The second-order valence-corrected chi connectivity index (χ2v) is 2.56. The van der Waals surface area contributed by atoms with Crippen molar-refractivity contribution in [3.63, 3.8) is 0 Å². The van der Waals surface area contributed by atoms with E-state index < -0.39 is 0 Å². The molecule has 0 saturated carbocycles. The van der Waals surface area contributed by atoms with Crippen molar-refractivity contribution < 1.29 is 0 Å². The van der Waals surface area contributed by atoms with Crippen LogP contribution in [0.5, 0.6) is 0 Å². The van der Waals surface area contributed by atoms with Crippen LogP contribution >= 0.6 is 0 Å². The second kappa shape index (κ2) is 6.59. The van der Waals surface area contributed by atoms with Gasteiger partial charge in [-0.1, -0.05) is 31.7 Å². The van der Waals surface area contributed by atoms with Gasteiger partial charge in [0, 0.05) is 6.42 Å². The van der Waals surface area contributed by atoms with E-state index in [2.05, 4.69) is 13.5 Å². The molecular weight excluding hydrogens is 146 g/mol. The number of allylic oxidation sites excluding steroid dienone is 5. The van der Waals surface area contributed by atoms with Gasteiger partial charge in [-0.3, -0.25) is 0 Å². The van der Waals surface area contributed by atoms with E-state index in [9.17, 15) is 0 Å². The van der Waals surface area contributed by atoms with Gasteiger partial charge in [0.1, 0.15) is 0 Å². The molecule has 0 bridgehead atoms. The molecular formula is C11H17N. The molecule has 0 heterocycles. The molecule has 0 spiro atoms. The molecule has 0 rings (SSSR count). The number of hydrogen-bond donors (Lipinski definition) is 1. The van der Waals surface area contributed by atoms with Crippen LogP contribution in [0.2, 0.25) is 0 Å². The predicted molar refractivity (Wildman–Crippen MR) is 55.7 cm³/mol. The molecule has 0 aliphatic rings. The lowest BCUT2D eigenvalue weighted by molar-refractivity contribution is 1.13. The van der Waals surface area contributed by atoms with Gasteiger partial charge in [-0.15, -0.1) is 0 Å². The molecule has 12 heavy (non-hydrogen) atoms. The Morgan fingerprint density at radius 3 is 2.58 bits per heavy atom. The molecule has 1 N–H and O–H groups in total. The van der Waals surface area contributed by atoms with Gasteiger partial charge in [-0.2, -0.15) is 0 Å². The van der Waals surface area contributed by atoms with Gasteiger partial charge in [0.05, 0.1) is 0 Å². The maximum atomic E-state index is 6.90. The average molecular weight is 163 g/mol. The van der Waals surface area contributed by atoms with Crippen LogP contribution in [0.3, 0.4) is 0 Å². The largest absolute Gasteiger partial charge is 0.313 e. The van der Waals surface area contributed by atoms with Crippen LogP contribution in [0.4, 0.5) is 0 Å². The number of hydrogen-bond acceptors (Lipinski definition) is 1. The van der Waals surface area contributed by atoms with E-state index in [1.165, 1.54) is 6.21 Å².